The molecule has 0 saturated heterocycles. The highest BCUT2D eigenvalue weighted by Crippen LogP contribution is 2.19. The van der Waals surface area contributed by atoms with Gasteiger partial charge in [0.15, 0.2) is 5.16 Å². The van der Waals surface area contributed by atoms with Gasteiger partial charge in [0.05, 0.1) is 5.25 Å². The standard InChI is InChI=1S/C13H14N4O2S/c1-8-3-5-10(6-4-8)15-12(19)9(2)20-13-16-11(18)7-14-17-13/h3-7,9H,1-2H3,(H,15,19)(H,16,17,18)/t9-/m1/s1. The Balaban J connectivity index is 1.98. The number of nitrogens with one attached hydrogen (secondary N) is 2. The van der Waals surface area contributed by atoms with Gasteiger partial charge in [-0.05, 0) is 26.0 Å². The van der Waals surface area contributed by atoms with Crippen LogP contribution in [0.5, 0.6) is 0 Å². The predicted molar refractivity (Wildman–Crippen MR) is 77.8 cm³/mol. The molecule has 1 atom stereocenters. The molecule has 0 fully saturated rings. The lowest BCUT2D eigenvalue weighted by molar-refractivity contribution is -0.115. The predicted octanol–water partition coefficient (Wildman–Crippen LogP) is 1.59. The second-order valence-corrected chi connectivity index (χ2v) is 5.58. The zero-order valence-corrected chi connectivity index (χ0v) is 11.9. The van der Waals surface area contributed by atoms with E-state index >= 15 is 0 Å². The minimum absolute atomic E-state index is 0.162. The van der Waals surface area contributed by atoms with E-state index in [0.29, 0.717) is 5.16 Å². The first-order valence-electron chi connectivity index (χ1n) is 6.01. The van der Waals surface area contributed by atoms with Crippen molar-refractivity contribution in [3.63, 3.8) is 0 Å². The van der Waals surface area contributed by atoms with Gasteiger partial charge in [-0.2, -0.15) is 5.10 Å². The fourth-order valence-electron chi connectivity index (χ4n) is 1.45. The van der Waals surface area contributed by atoms with E-state index in [2.05, 4.69) is 20.5 Å². The highest BCUT2D eigenvalue weighted by molar-refractivity contribution is 8.00. The van der Waals surface area contributed by atoms with E-state index in [0.717, 1.165) is 29.2 Å². The van der Waals surface area contributed by atoms with Crippen LogP contribution in [0.3, 0.4) is 0 Å². The number of carbonyl (C=O) groups is 1. The van der Waals surface area contributed by atoms with Crippen molar-refractivity contribution in [2.24, 2.45) is 0 Å². The molecule has 104 valence electrons. The molecule has 0 saturated carbocycles. The number of hydrogen-bond donors (Lipinski definition) is 2. The third-order valence-electron chi connectivity index (χ3n) is 2.53. The third kappa shape index (κ3) is 3.92. The molecule has 0 aliphatic rings. The van der Waals surface area contributed by atoms with Gasteiger partial charge in [0.2, 0.25) is 5.91 Å². The summed E-state index contributed by atoms with van der Waals surface area (Å²) < 4.78 is 0. The molecular formula is C13H14N4O2S. The molecule has 0 spiro atoms. The van der Waals surface area contributed by atoms with Crippen LogP contribution < -0.4 is 10.9 Å². The van der Waals surface area contributed by atoms with Gasteiger partial charge < -0.3 is 5.32 Å². The Bertz CT molecular complexity index is 654. The zero-order chi connectivity index (χ0) is 14.5. The van der Waals surface area contributed by atoms with Crippen LogP contribution >= 0.6 is 11.8 Å². The van der Waals surface area contributed by atoms with Crippen LogP contribution in [0.25, 0.3) is 0 Å². The summed E-state index contributed by atoms with van der Waals surface area (Å²) in [5.74, 6) is -0.162. The summed E-state index contributed by atoms with van der Waals surface area (Å²) in [5, 5.41) is 10.0. The van der Waals surface area contributed by atoms with Gasteiger partial charge in [0, 0.05) is 5.69 Å². The number of carbonyl (C=O) groups excluding carboxylic acids is 1. The van der Waals surface area contributed by atoms with E-state index in [9.17, 15) is 9.59 Å². The molecule has 0 aliphatic carbocycles. The summed E-state index contributed by atoms with van der Waals surface area (Å²) >= 11 is 1.15. The Kier molecular flexibility index (Phi) is 4.52. The van der Waals surface area contributed by atoms with Gasteiger partial charge in [-0.1, -0.05) is 29.5 Å². The number of aryl methyl sites for hydroxylation is 1. The van der Waals surface area contributed by atoms with Crippen molar-refractivity contribution in [1.29, 1.82) is 0 Å². The lowest BCUT2D eigenvalue weighted by Gasteiger charge is -2.11. The molecule has 2 N–H and O–H groups in total. The maximum absolute atomic E-state index is 12.0. The van der Waals surface area contributed by atoms with Gasteiger partial charge in [0.25, 0.3) is 5.56 Å². The first kappa shape index (κ1) is 14.3. The Morgan fingerprint density at radius 3 is 2.70 bits per heavy atom. The van der Waals surface area contributed by atoms with Gasteiger partial charge >= 0.3 is 0 Å². The van der Waals surface area contributed by atoms with Gasteiger partial charge in [-0.25, -0.2) is 0 Å². The van der Waals surface area contributed by atoms with E-state index in [1.807, 2.05) is 31.2 Å². The highest BCUT2D eigenvalue weighted by atomic mass is 32.2. The third-order valence-corrected chi connectivity index (χ3v) is 3.51. The van der Waals surface area contributed by atoms with E-state index in [1.54, 1.807) is 6.92 Å². The van der Waals surface area contributed by atoms with Crippen LogP contribution in [0.4, 0.5) is 5.69 Å². The SMILES string of the molecule is Cc1ccc(NC(=O)[C@@H](C)Sc2nncc(=O)[nH]2)cc1. The molecule has 0 aliphatic heterocycles. The molecule has 7 heteroatoms. The molecule has 2 rings (SSSR count). The number of anilines is 1. The quantitative estimate of drug-likeness (QED) is 0.835. The molecular weight excluding hydrogens is 276 g/mol. The van der Waals surface area contributed by atoms with Crippen LogP contribution in [0.2, 0.25) is 0 Å². The molecule has 1 aromatic carbocycles. The number of H-pyrrole nitrogens is 1. The van der Waals surface area contributed by atoms with Crippen LogP contribution in [0.15, 0.2) is 40.4 Å². The van der Waals surface area contributed by atoms with Crippen molar-refractivity contribution in [2.45, 2.75) is 24.3 Å². The average Bonchev–Trinajstić information content (AvgIpc) is 2.41. The topological polar surface area (TPSA) is 87.7 Å². The fraction of sp³-hybridized carbons (Fsp3) is 0.231. The number of nitrogens with zero attached hydrogens (tertiary/aromatic N) is 2. The molecule has 2 aromatic rings. The van der Waals surface area contributed by atoms with Crippen molar-refractivity contribution in [3.8, 4) is 0 Å². The summed E-state index contributed by atoms with van der Waals surface area (Å²) in [7, 11) is 0. The monoisotopic (exact) mass is 290 g/mol. The number of aromatic nitrogens is 3. The van der Waals surface area contributed by atoms with Crippen LogP contribution in [0, 0.1) is 6.92 Å². The normalized spacial score (nSPS) is 11.9. The number of hydrogen-bond acceptors (Lipinski definition) is 5. The Morgan fingerprint density at radius 2 is 2.05 bits per heavy atom. The lowest BCUT2D eigenvalue weighted by Crippen LogP contribution is -2.23. The highest BCUT2D eigenvalue weighted by Gasteiger charge is 2.16. The Hall–Kier alpha value is -2.15. The Labute approximate surface area is 120 Å². The fourth-order valence-corrected chi connectivity index (χ4v) is 2.21. The molecule has 0 radical (unpaired) electrons. The van der Waals surface area contributed by atoms with E-state index in [4.69, 9.17) is 0 Å². The smallest absolute Gasteiger partial charge is 0.270 e. The van der Waals surface area contributed by atoms with Crippen molar-refractivity contribution in [1.82, 2.24) is 15.2 Å². The summed E-state index contributed by atoms with van der Waals surface area (Å²) in [6, 6.07) is 7.53. The van der Waals surface area contributed by atoms with Crippen molar-refractivity contribution >= 4 is 23.4 Å². The minimum atomic E-state index is -0.399. The number of aromatic amines is 1. The molecule has 6 nitrogen and oxygen atoms in total. The van der Waals surface area contributed by atoms with Crippen molar-refractivity contribution < 1.29 is 4.79 Å². The molecule has 0 bridgehead atoms. The number of amides is 1. The molecule has 1 amide bonds. The second kappa shape index (κ2) is 6.33. The maximum atomic E-state index is 12.0. The second-order valence-electron chi connectivity index (χ2n) is 4.25. The van der Waals surface area contributed by atoms with Gasteiger partial charge in [0.1, 0.15) is 6.20 Å². The van der Waals surface area contributed by atoms with E-state index < -0.39 is 5.25 Å². The molecule has 20 heavy (non-hydrogen) atoms. The number of benzene rings is 1. The van der Waals surface area contributed by atoms with E-state index in [-0.39, 0.29) is 11.5 Å². The number of thioether (sulfide) groups is 1. The van der Waals surface area contributed by atoms with Crippen LogP contribution in [-0.2, 0) is 4.79 Å². The van der Waals surface area contributed by atoms with Crippen LogP contribution in [-0.4, -0.2) is 26.3 Å². The lowest BCUT2D eigenvalue weighted by atomic mass is 10.2. The number of rotatable bonds is 4. The van der Waals surface area contributed by atoms with Crippen LogP contribution in [0.1, 0.15) is 12.5 Å². The largest absolute Gasteiger partial charge is 0.325 e. The van der Waals surface area contributed by atoms with Crippen molar-refractivity contribution in [2.75, 3.05) is 5.32 Å². The molecule has 1 heterocycles. The maximum Gasteiger partial charge on any atom is 0.270 e. The van der Waals surface area contributed by atoms with Gasteiger partial charge in [-0.15, -0.1) is 5.10 Å². The first-order valence-corrected chi connectivity index (χ1v) is 6.89. The summed E-state index contributed by atoms with van der Waals surface area (Å²) in [5.41, 5.74) is 1.52. The minimum Gasteiger partial charge on any atom is -0.325 e. The van der Waals surface area contributed by atoms with Gasteiger partial charge in [-0.3, -0.25) is 14.6 Å². The zero-order valence-electron chi connectivity index (χ0n) is 11.1. The molecule has 0 unspecified atom stereocenters. The van der Waals surface area contributed by atoms with E-state index in [1.165, 1.54) is 0 Å². The summed E-state index contributed by atoms with van der Waals surface area (Å²) in [6.45, 7) is 3.72. The average molecular weight is 290 g/mol. The first-order chi connectivity index (χ1) is 9.54. The van der Waals surface area contributed by atoms with Crippen molar-refractivity contribution in [3.05, 3.63) is 46.4 Å². The Morgan fingerprint density at radius 1 is 1.35 bits per heavy atom. The molecule has 1 aromatic heterocycles. The summed E-state index contributed by atoms with van der Waals surface area (Å²) in [6.07, 6.45) is 1.08. The summed E-state index contributed by atoms with van der Waals surface area (Å²) in [4.78, 5) is 25.6.